The van der Waals surface area contributed by atoms with Crippen molar-refractivity contribution in [3.05, 3.63) is 47.5 Å². The molecule has 1 rings (SSSR count). The first-order chi connectivity index (χ1) is 11.6. The number of nitrogens with zero attached hydrogens (tertiary/aromatic N) is 1. The molecule has 136 valence electrons. The predicted molar refractivity (Wildman–Crippen MR) is 98.8 cm³/mol. The van der Waals surface area contributed by atoms with Crippen molar-refractivity contribution in [2.24, 2.45) is 0 Å². The van der Waals surface area contributed by atoms with Crippen molar-refractivity contribution < 1.29 is 19.6 Å². The van der Waals surface area contributed by atoms with Crippen LogP contribution in [0.15, 0.2) is 30.9 Å². The van der Waals surface area contributed by atoms with Crippen LogP contribution in [0.2, 0.25) is 0 Å². The molecule has 0 aliphatic carbocycles. The summed E-state index contributed by atoms with van der Waals surface area (Å²) in [6.07, 6.45) is 1.44. The number of carbonyl (C=O) groups is 2. The van der Waals surface area contributed by atoms with Gasteiger partial charge in [-0.05, 0) is 51.3 Å². The molecule has 2 amide bonds. The molecule has 0 spiro atoms. The van der Waals surface area contributed by atoms with E-state index < -0.39 is 19.0 Å². The number of hydrogen-bond acceptors (Lipinski definition) is 4. The number of rotatable bonds is 8. The Balaban J connectivity index is 2.81. The van der Waals surface area contributed by atoms with E-state index in [0.29, 0.717) is 0 Å². The molecule has 0 heterocycles. The standard InChI is InChI=1S/C18H27BN2O4/c1-6-18(23)21(12(2)3)11-17(22)20-16(19(24)25)10-15-8-7-13(4)9-14(15)5/h6-9,12,16,24-25H,1,10-11H2,2-5H3,(H,20,22)/t16-/m0/s1. The Labute approximate surface area is 149 Å². The number of amides is 2. The monoisotopic (exact) mass is 346 g/mol. The summed E-state index contributed by atoms with van der Waals surface area (Å²) >= 11 is 0. The third-order valence-corrected chi connectivity index (χ3v) is 4.04. The van der Waals surface area contributed by atoms with E-state index in [-0.39, 0.29) is 24.9 Å². The van der Waals surface area contributed by atoms with Gasteiger partial charge in [0.2, 0.25) is 11.8 Å². The van der Waals surface area contributed by atoms with Crippen LogP contribution >= 0.6 is 0 Å². The molecule has 0 bridgehead atoms. The van der Waals surface area contributed by atoms with Crippen LogP contribution < -0.4 is 5.32 Å². The van der Waals surface area contributed by atoms with E-state index in [0.717, 1.165) is 22.8 Å². The second kappa shape index (κ2) is 9.39. The fourth-order valence-corrected chi connectivity index (χ4v) is 2.58. The molecule has 3 N–H and O–H groups in total. The summed E-state index contributed by atoms with van der Waals surface area (Å²) in [6, 6.07) is 5.68. The summed E-state index contributed by atoms with van der Waals surface area (Å²) in [6.45, 7) is 10.8. The molecule has 0 radical (unpaired) electrons. The molecule has 7 heteroatoms. The van der Waals surface area contributed by atoms with Crippen LogP contribution in [0.4, 0.5) is 0 Å². The first-order valence-electron chi connectivity index (χ1n) is 8.30. The van der Waals surface area contributed by atoms with Crippen molar-refractivity contribution in [3.8, 4) is 0 Å². The molecule has 25 heavy (non-hydrogen) atoms. The zero-order chi connectivity index (χ0) is 19.1. The van der Waals surface area contributed by atoms with Gasteiger partial charge < -0.3 is 20.3 Å². The molecular weight excluding hydrogens is 319 g/mol. The maximum absolute atomic E-state index is 12.3. The van der Waals surface area contributed by atoms with E-state index >= 15 is 0 Å². The first kappa shape index (κ1) is 20.9. The van der Waals surface area contributed by atoms with Gasteiger partial charge in [-0.25, -0.2) is 0 Å². The molecule has 0 fully saturated rings. The van der Waals surface area contributed by atoms with Crippen molar-refractivity contribution in [1.82, 2.24) is 10.2 Å². The van der Waals surface area contributed by atoms with Gasteiger partial charge in [0.15, 0.2) is 0 Å². The second-order valence-corrected chi connectivity index (χ2v) is 6.49. The van der Waals surface area contributed by atoms with Gasteiger partial charge in [0.25, 0.3) is 0 Å². The van der Waals surface area contributed by atoms with E-state index in [2.05, 4.69) is 11.9 Å². The third-order valence-electron chi connectivity index (χ3n) is 4.04. The zero-order valence-electron chi connectivity index (χ0n) is 15.3. The fraction of sp³-hybridized carbons (Fsp3) is 0.444. The Bertz CT molecular complexity index is 632. The molecule has 0 unspecified atom stereocenters. The van der Waals surface area contributed by atoms with Crippen LogP contribution in [0, 0.1) is 13.8 Å². The van der Waals surface area contributed by atoms with E-state index in [9.17, 15) is 19.6 Å². The van der Waals surface area contributed by atoms with Crippen molar-refractivity contribution in [3.63, 3.8) is 0 Å². The molecule has 1 aromatic carbocycles. The van der Waals surface area contributed by atoms with Gasteiger partial charge in [0.05, 0.1) is 5.94 Å². The lowest BCUT2D eigenvalue weighted by Crippen LogP contribution is -2.52. The summed E-state index contributed by atoms with van der Waals surface area (Å²) in [5.41, 5.74) is 3.05. The highest BCUT2D eigenvalue weighted by atomic mass is 16.4. The summed E-state index contributed by atoms with van der Waals surface area (Å²) in [5.74, 6) is -1.66. The fourth-order valence-electron chi connectivity index (χ4n) is 2.58. The van der Waals surface area contributed by atoms with E-state index in [4.69, 9.17) is 0 Å². The molecule has 1 atom stereocenters. The molecule has 0 saturated carbocycles. The highest BCUT2D eigenvalue weighted by Crippen LogP contribution is 2.13. The minimum absolute atomic E-state index is 0.168. The number of hydrogen-bond donors (Lipinski definition) is 3. The summed E-state index contributed by atoms with van der Waals surface area (Å²) < 4.78 is 0. The van der Waals surface area contributed by atoms with Crippen molar-refractivity contribution in [2.75, 3.05) is 6.54 Å². The number of carbonyl (C=O) groups excluding carboxylic acids is 2. The highest BCUT2D eigenvalue weighted by molar-refractivity contribution is 6.43. The Hall–Kier alpha value is -2.12. The highest BCUT2D eigenvalue weighted by Gasteiger charge is 2.27. The van der Waals surface area contributed by atoms with Gasteiger partial charge in [-0.3, -0.25) is 9.59 Å². The molecule has 0 saturated heterocycles. The van der Waals surface area contributed by atoms with Crippen molar-refractivity contribution in [2.45, 2.75) is 46.1 Å². The van der Waals surface area contributed by atoms with Gasteiger partial charge >= 0.3 is 7.12 Å². The average Bonchev–Trinajstić information content (AvgIpc) is 2.53. The van der Waals surface area contributed by atoms with Gasteiger partial charge in [-0.15, -0.1) is 0 Å². The largest absolute Gasteiger partial charge is 0.475 e. The average molecular weight is 346 g/mol. The molecule has 1 aromatic rings. The molecule has 6 nitrogen and oxygen atoms in total. The van der Waals surface area contributed by atoms with Crippen LogP contribution in [0.5, 0.6) is 0 Å². The topological polar surface area (TPSA) is 89.9 Å². The van der Waals surface area contributed by atoms with Crippen LogP contribution in [0.1, 0.15) is 30.5 Å². The minimum atomic E-state index is -1.70. The van der Waals surface area contributed by atoms with Gasteiger partial charge in [0.1, 0.15) is 6.54 Å². The van der Waals surface area contributed by atoms with Gasteiger partial charge in [0, 0.05) is 6.04 Å². The lowest BCUT2D eigenvalue weighted by Gasteiger charge is -2.26. The number of benzene rings is 1. The number of nitrogens with one attached hydrogen (secondary N) is 1. The Morgan fingerprint density at radius 2 is 1.96 bits per heavy atom. The Morgan fingerprint density at radius 3 is 2.44 bits per heavy atom. The lowest BCUT2D eigenvalue weighted by atomic mass is 9.75. The minimum Gasteiger partial charge on any atom is -0.426 e. The van der Waals surface area contributed by atoms with Crippen molar-refractivity contribution >= 4 is 18.9 Å². The van der Waals surface area contributed by atoms with E-state index in [1.54, 1.807) is 13.8 Å². The SMILES string of the molecule is C=CC(=O)N(CC(=O)N[C@@H](Cc1ccc(C)cc1C)B(O)O)C(C)C. The molecule has 0 aliphatic heterocycles. The molecule has 0 aliphatic rings. The van der Waals surface area contributed by atoms with Crippen LogP contribution in [0.3, 0.4) is 0 Å². The summed E-state index contributed by atoms with van der Waals surface area (Å²) in [5, 5.41) is 21.8. The normalized spacial score (nSPS) is 11.8. The predicted octanol–water partition coefficient (Wildman–Crippen LogP) is 0.766. The third kappa shape index (κ3) is 6.36. The Morgan fingerprint density at radius 1 is 1.32 bits per heavy atom. The van der Waals surface area contributed by atoms with Gasteiger partial charge in [-0.1, -0.05) is 30.3 Å². The lowest BCUT2D eigenvalue weighted by molar-refractivity contribution is -0.134. The summed E-state index contributed by atoms with van der Waals surface area (Å²) in [7, 11) is -1.70. The maximum Gasteiger partial charge on any atom is 0.475 e. The maximum atomic E-state index is 12.3. The second-order valence-electron chi connectivity index (χ2n) is 6.49. The van der Waals surface area contributed by atoms with Crippen LogP contribution in [0.25, 0.3) is 0 Å². The number of aryl methyl sites for hydroxylation is 2. The summed E-state index contributed by atoms with van der Waals surface area (Å²) in [4.78, 5) is 25.4. The van der Waals surface area contributed by atoms with Gasteiger partial charge in [-0.2, -0.15) is 0 Å². The smallest absolute Gasteiger partial charge is 0.426 e. The van der Waals surface area contributed by atoms with Crippen molar-refractivity contribution in [1.29, 1.82) is 0 Å². The molecule has 0 aromatic heterocycles. The zero-order valence-corrected chi connectivity index (χ0v) is 15.3. The first-order valence-corrected chi connectivity index (χ1v) is 8.30. The van der Waals surface area contributed by atoms with E-state index in [1.165, 1.54) is 4.90 Å². The van der Waals surface area contributed by atoms with Crippen LogP contribution in [-0.2, 0) is 16.0 Å². The van der Waals surface area contributed by atoms with E-state index in [1.807, 2.05) is 32.0 Å². The quantitative estimate of drug-likeness (QED) is 0.479. The Kier molecular flexibility index (Phi) is 7.86. The molecular formula is C18H27BN2O4. The van der Waals surface area contributed by atoms with Crippen LogP contribution in [-0.4, -0.2) is 52.4 Å².